The molecule has 0 spiro atoms. The van der Waals surface area contributed by atoms with Crippen LogP contribution in [0.2, 0.25) is 0 Å². The molecule has 0 aliphatic heterocycles. The Hall–Kier alpha value is -1.93. The van der Waals surface area contributed by atoms with Crippen LogP contribution in [0, 0.1) is 6.92 Å². The van der Waals surface area contributed by atoms with Gasteiger partial charge in [0.1, 0.15) is 0 Å². The third-order valence-corrected chi connectivity index (χ3v) is 4.36. The van der Waals surface area contributed by atoms with E-state index >= 15 is 0 Å². The van der Waals surface area contributed by atoms with Crippen molar-refractivity contribution in [3.63, 3.8) is 0 Å². The van der Waals surface area contributed by atoms with Crippen molar-refractivity contribution < 1.29 is 23.1 Å². The highest BCUT2D eigenvalue weighted by atomic mass is 32.2. The van der Waals surface area contributed by atoms with Crippen LogP contribution in [0.5, 0.6) is 0 Å². The van der Waals surface area contributed by atoms with Crippen molar-refractivity contribution in [2.45, 2.75) is 31.7 Å². The fourth-order valence-electron chi connectivity index (χ4n) is 1.68. The highest BCUT2D eigenvalue weighted by Crippen LogP contribution is 2.16. The summed E-state index contributed by atoms with van der Waals surface area (Å²) in [6.45, 7) is 5.09. The maximum Gasteiger partial charge on any atom is 0.335 e. The predicted molar refractivity (Wildman–Crippen MR) is 76.6 cm³/mol. The predicted octanol–water partition coefficient (Wildman–Crippen LogP) is 0.496. The van der Waals surface area contributed by atoms with Gasteiger partial charge in [0, 0.05) is 6.54 Å². The molecule has 116 valence electrons. The molecule has 1 amide bonds. The molecule has 0 saturated heterocycles. The monoisotopic (exact) mass is 314 g/mol. The van der Waals surface area contributed by atoms with Crippen LogP contribution in [-0.4, -0.2) is 38.0 Å². The summed E-state index contributed by atoms with van der Waals surface area (Å²) in [6, 6.07) is 2.83. The fraction of sp³-hybridized carbons (Fsp3) is 0.385. The molecule has 1 unspecified atom stereocenters. The topological polar surface area (TPSA) is 113 Å². The summed E-state index contributed by atoms with van der Waals surface area (Å²) < 4.78 is 26.5. The van der Waals surface area contributed by atoms with E-state index in [1.807, 2.05) is 0 Å². The number of likely N-dealkylation sites (N-methyl/N-ethyl adjacent to an activating group) is 1. The lowest BCUT2D eigenvalue weighted by Crippen LogP contribution is -2.44. The van der Waals surface area contributed by atoms with Gasteiger partial charge in [-0.15, -0.1) is 0 Å². The zero-order valence-electron chi connectivity index (χ0n) is 12.0. The van der Waals surface area contributed by atoms with Gasteiger partial charge in [-0.3, -0.25) is 4.79 Å². The van der Waals surface area contributed by atoms with E-state index in [-0.39, 0.29) is 10.5 Å². The Morgan fingerprint density at radius 1 is 1.33 bits per heavy atom. The Morgan fingerprint density at radius 2 is 1.95 bits per heavy atom. The molecule has 0 aliphatic rings. The van der Waals surface area contributed by atoms with E-state index in [0.717, 1.165) is 6.07 Å². The minimum atomic E-state index is -3.97. The zero-order chi connectivity index (χ0) is 16.2. The minimum absolute atomic E-state index is 0.0939. The molecule has 7 nitrogen and oxygen atoms in total. The molecule has 0 radical (unpaired) electrons. The van der Waals surface area contributed by atoms with E-state index in [2.05, 4.69) is 10.0 Å². The molecular formula is C13H18N2O5S. The summed E-state index contributed by atoms with van der Waals surface area (Å²) in [6.07, 6.45) is 0. The average molecular weight is 314 g/mol. The van der Waals surface area contributed by atoms with Crippen LogP contribution in [-0.2, 0) is 14.8 Å². The second-order valence-electron chi connectivity index (χ2n) is 4.52. The SMILES string of the molecule is CCNC(=O)C(C)NS(=O)(=O)c1ccc(C)c(C(=O)O)c1. The Bertz CT molecular complexity index is 655. The lowest BCUT2D eigenvalue weighted by Gasteiger charge is -2.14. The number of nitrogens with one attached hydrogen (secondary N) is 2. The van der Waals surface area contributed by atoms with Gasteiger partial charge in [-0.05, 0) is 38.5 Å². The third kappa shape index (κ3) is 4.27. The van der Waals surface area contributed by atoms with Crippen LogP contribution in [0.15, 0.2) is 23.1 Å². The summed E-state index contributed by atoms with van der Waals surface area (Å²) in [5.74, 6) is -1.66. The summed E-state index contributed by atoms with van der Waals surface area (Å²) in [5, 5.41) is 11.5. The Balaban J connectivity index is 3.06. The number of hydrogen-bond donors (Lipinski definition) is 3. The second kappa shape index (κ2) is 6.68. The number of carbonyl (C=O) groups excluding carboxylic acids is 1. The van der Waals surface area contributed by atoms with Crippen LogP contribution >= 0.6 is 0 Å². The molecule has 0 aromatic heterocycles. The number of sulfonamides is 1. The number of rotatable bonds is 6. The average Bonchev–Trinajstić information content (AvgIpc) is 2.38. The van der Waals surface area contributed by atoms with E-state index < -0.39 is 27.9 Å². The first-order valence-corrected chi connectivity index (χ1v) is 7.81. The Morgan fingerprint density at radius 3 is 2.48 bits per heavy atom. The quantitative estimate of drug-likeness (QED) is 0.707. The number of carboxylic acid groups (broad SMARTS) is 1. The number of benzene rings is 1. The van der Waals surface area contributed by atoms with Crippen molar-refractivity contribution in [2.24, 2.45) is 0 Å². The Kier molecular flexibility index (Phi) is 5.45. The van der Waals surface area contributed by atoms with Gasteiger partial charge in [0.25, 0.3) is 0 Å². The first-order chi connectivity index (χ1) is 9.69. The van der Waals surface area contributed by atoms with Gasteiger partial charge in [-0.2, -0.15) is 4.72 Å². The molecule has 0 aliphatic carbocycles. The number of carboxylic acids is 1. The van der Waals surface area contributed by atoms with Crippen molar-refractivity contribution in [1.29, 1.82) is 0 Å². The molecule has 0 bridgehead atoms. The molecule has 1 aromatic rings. The van der Waals surface area contributed by atoms with Crippen molar-refractivity contribution >= 4 is 21.9 Å². The van der Waals surface area contributed by atoms with Gasteiger partial charge in [0.15, 0.2) is 0 Å². The largest absolute Gasteiger partial charge is 0.478 e. The molecule has 1 aromatic carbocycles. The zero-order valence-corrected chi connectivity index (χ0v) is 12.8. The van der Waals surface area contributed by atoms with Crippen LogP contribution in [0.4, 0.5) is 0 Å². The first-order valence-electron chi connectivity index (χ1n) is 6.33. The number of aryl methyl sites for hydroxylation is 1. The second-order valence-corrected chi connectivity index (χ2v) is 6.23. The molecule has 21 heavy (non-hydrogen) atoms. The van der Waals surface area contributed by atoms with Crippen molar-refractivity contribution in [3.8, 4) is 0 Å². The fourth-order valence-corrected chi connectivity index (χ4v) is 2.91. The molecule has 3 N–H and O–H groups in total. The summed E-state index contributed by atoms with van der Waals surface area (Å²) in [5.41, 5.74) is 0.363. The smallest absolute Gasteiger partial charge is 0.335 e. The highest BCUT2D eigenvalue weighted by Gasteiger charge is 2.23. The molecule has 8 heteroatoms. The number of hydrogen-bond acceptors (Lipinski definition) is 4. The van der Waals surface area contributed by atoms with E-state index in [9.17, 15) is 18.0 Å². The van der Waals surface area contributed by atoms with Gasteiger partial charge >= 0.3 is 5.97 Å². The molecule has 0 heterocycles. The summed E-state index contributed by atoms with van der Waals surface area (Å²) >= 11 is 0. The Labute approximate surface area is 123 Å². The molecular weight excluding hydrogens is 296 g/mol. The van der Waals surface area contributed by atoms with Gasteiger partial charge < -0.3 is 10.4 Å². The maximum atomic E-state index is 12.2. The molecule has 1 rings (SSSR count). The maximum absolute atomic E-state index is 12.2. The summed E-state index contributed by atoms with van der Waals surface area (Å²) in [4.78, 5) is 22.4. The third-order valence-electron chi connectivity index (χ3n) is 2.83. The van der Waals surface area contributed by atoms with E-state index in [1.165, 1.54) is 19.1 Å². The number of aromatic carboxylic acids is 1. The van der Waals surface area contributed by atoms with Gasteiger partial charge in [-0.25, -0.2) is 13.2 Å². The standard InChI is InChI=1S/C13H18N2O5S/c1-4-14-12(16)9(3)15-21(19,20)10-6-5-8(2)11(7-10)13(17)18/h5-7,9,15H,4H2,1-3H3,(H,14,16)(H,17,18). The molecule has 1 atom stereocenters. The van der Waals surface area contributed by atoms with Gasteiger partial charge in [0.05, 0.1) is 16.5 Å². The normalized spacial score (nSPS) is 12.7. The van der Waals surface area contributed by atoms with E-state index in [1.54, 1.807) is 13.8 Å². The lowest BCUT2D eigenvalue weighted by molar-refractivity contribution is -0.122. The van der Waals surface area contributed by atoms with Crippen molar-refractivity contribution in [3.05, 3.63) is 29.3 Å². The van der Waals surface area contributed by atoms with E-state index in [4.69, 9.17) is 5.11 Å². The molecule has 0 saturated carbocycles. The lowest BCUT2D eigenvalue weighted by atomic mass is 10.1. The van der Waals surface area contributed by atoms with Crippen LogP contribution in [0.25, 0.3) is 0 Å². The number of amides is 1. The first kappa shape index (κ1) is 17.1. The van der Waals surface area contributed by atoms with Crippen LogP contribution < -0.4 is 10.0 Å². The minimum Gasteiger partial charge on any atom is -0.478 e. The van der Waals surface area contributed by atoms with Crippen molar-refractivity contribution in [2.75, 3.05) is 6.54 Å². The number of carbonyl (C=O) groups is 2. The van der Waals surface area contributed by atoms with Gasteiger partial charge in [0.2, 0.25) is 15.9 Å². The van der Waals surface area contributed by atoms with Gasteiger partial charge in [-0.1, -0.05) is 6.07 Å². The van der Waals surface area contributed by atoms with Crippen LogP contribution in [0.3, 0.4) is 0 Å². The van der Waals surface area contributed by atoms with Crippen LogP contribution in [0.1, 0.15) is 29.8 Å². The van der Waals surface area contributed by atoms with Crippen molar-refractivity contribution in [1.82, 2.24) is 10.0 Å². The highest BCUT2D eigenvalue weighted by molar-refractivity contribution is 7.89. The molecule has 0 fully saturated rings. The van der Waals surface area contributed by atoms with E-state index in [0.29, 0.717) is 12.1 Å². The summed E-state index contributed by atoms with van der Waals surface area (Å²) in [7, 11) is -3.97.